The van der Waals surface area contributed by atoms with Crippen LogP contribution < -0.4 is 11.1 Å². The van der Waals surface area contributed by atoms with Crippen LogP contribution in [0.5, 0.6) is 0 Å². The zero-order valence-electron chi connectivity index (χ0n) is 10.4. The molecule has 0 heterocycles. The highest BCUT2D eigenvalue weighted by molar-refractivity contribution is 5.87. The fourth-order valence-corrected chi connectivity index (χ4v) is 1.23. The highest BCUT2D eigenvalue weighted by Crippen LogP contribution is 1.97. The molecule has 0 spiro atoms. The summed E-state index contributed by atoms with van der Waals surface area (Å²) in [5.41, 5.74) is 4.90. The molecule has 102 valence electrons. The molecule has 0 aliphatic heterocycles. The Morgan fingerprint density at radius 1 is 1.50 bits per heavy atom. The largest absolute Gasteiger partial charge is 0.480 e. The third-order valence-electron chi connectivity index (χ3n) is 2.25. The number of nitrogens with one attached hydrogen (secondary N) is 1. The molecular formula is C11H19N3O4. The first-order valence-electron chi connectivity index (χ1n) is 5.52. The molecule has 0 radical (unpaired) electrons. The minimum Gasteiger partial charge on any atom is -0.480 e. The average molecular weight is 257 g/mol. The summed E-state index contributed by atoms with van der Waals surface area (Å²) >= 11 is 0. The summed E-state index contributed by atoms with van der Waals surface area (Å²) in [4.78, 5) is 34.4. The second kappa shape index (κ2) is 8.10. The zero-order valence-corrected chi connectivity index (χ0v) is 10.4. The molecule has 4 N–H and O–H groups in total. The van der Waals surface area contributed by atoms with Crippen molar-refractivity contribution < 1.29 is 19.5 Å². The summed E-state index contributed by atoms with van der Waals surface area (Å²) < 4.78 is 0. The van der Waals surface area contributed by atoms with Crippen LogP contribution in [-0.2, 0) is 9.59 Å². The van der Waals surface area contributed by atoms with Gasteiger partial charge >= 0.3 is 12.0 Å². The minimum absolute atomic E-state index is 0.429. The van der Waals surface area contributed by atoms with E-state index in [4.69, 9.17) is 10.8 Å². The van der Waals surface area contributed by atoms with Crippen molar-refractivity contribution in [1.82, 2.24) is 10.2 Å². The van der Waals surface area contributed by atoms with Gasteiger partial charge in [0.15, 0.2) is 0 Å². The van der Waals surface area contributed by atoms with E-state index in [-0.39, 0.29) is 0 Å². The lowest BCUT2D eigenvalue weighted by Crippen LogP contribution is -2.48. The number of hydrogen-bond donors (Lipinski definition) is 3. The molecule has 0 aliphatic carbocycles. The van der Waals surface area contributed by atoms with Gasteiger partial charge in [0.1, 0.15) is 6.04 Å². The molecule has 0 saturated carbocycles. The number of urea groups is 1. The van der Waals surface area contributed by atoms with Gasteiger partial charge in [0.2, 0.25) is 5.91 Å². The van der Waals surface area contributed by atoms with E-state index in [0.717, 1.165) is 12.8 Å². The third-order valence-corrected chi connectivity index (χ3v) is 2.25. The Hall–Kier alpha value is -2.05. The molecule has 0 rings (SSSR count). The first-order valence-corrected chi connectivity index (χ1v) is 5.52. The van der Waals surface area contributed by atoms with Crippen LogP contribution in [0.4, 0.5) is 4.79 Å². The van der Waals surface area contributed by atoms with Crippen LogP contribution in [0.15, 0.2) is 12.7 Å². The molecular weight excluding hydrogens is 238 g/mol. The van der Waals surface area contributed by atoms with Crippen molar-refractivity contribution in [2.24, 2.45) is 5.73 Å². The first-order chi connectivity index (χ1) is 8.38. The monoisotopic (exact) mass is 257 g/mol. The summed E-state index contributed by atoms with van der Waals surface area (Å²) in [5.74, 6) is -2.07. The summed E-state index contributed by atoms with van der Waals surface area (Å²) in [7, 11) is 1.54. The van der Waals surface area contributed by atoms with Gasteiger partial charge in [-0.1, -0.05) is 6.08 Å². The van der Waals surface area contributed by atoms with Gasteiger partial charge < -0.3 is 21.1 Å². The van der Waals surface area contributed by atoms with Gasteiger partial charge in [-0.15, -0.1) is 6.58 Å². The Bertz CT molecular complexity index is 330. The molecule has 7 heteroatoms. The quantitative estimate of drug-likeness (QED) is 0.417. The maximum Gasteiger partial charge on any atom is 0.326 e. The average Bonchev–Trinajstić information content (AvgIpc) is 2.27. The lowest BCUT2D eigenvalue weighted by atomic mass is 10.2. The number of carboxylic acid groups (broad SMARTS) is 1. The Labute approximate surface area is 106 Å². The van der Waals surface area contributed by atoms with Crippen LogP contribution in [0.3, 0.4) is 0 Å². The number of carbonyl (C=O) groups excluding carboxylic acids is 2. The van der Waals surface area contributed by atoms with Gasteiger partial charge in [-0.2, -0.15) is 0 Å². The van der Waals surface area contributed by atoms with E-state index < -0.39 is 30.4 Å². The standard InChI is InChI=1S/C11H19N3O4/c1-3-4-5-6-14(2)11(18)13-8(10(16)17)7-9(12)15/h3,8H,1,4-7H2,2H3,(H2,12,15)(H,13,18)(H,16,17). The number of unbranched alkanes of at least 4 members (excludes halogenated alkanes) is 1. The molecule has 0 aromatic rings. The molecule has 0 saturated heterocycles. The van der Waals surface area contributed by atoms with Crippen molar-refractivity contribution in [3.8, 4) is 0 Å². The van der Waals surface area contributed by atoms with Crippen molar-refractivity contribution in [1.29, 1.82) is 0 Å². The van der Waals surface area contributed by atoms with Crippen molar-refractivity contribution in [2.75, 3.05) is 13.6 Å². The van der Waals surface area contributed by atoms with Gasteiger partial charge in [0.05, 0.1) is 6.42 Å². The molecule has 0 aromatic heterocycles. The molecule has 0 aromatic carbocycles. The van der Waals surface area contributed by atoms with Gasteiger partial charge in [-0.05, 0) is 12.8 Å². The number of rotatable bonds is 8. The second-order valence-electron chi connectivity index (χ2n) is 3.86. The number of amides is 3. The van der Waals surface area contributed by atoms with E-state index in [1.54, 1.807) is 13.1 Å². The lowest BCUT2D eigenvalue weighted by molar-refractivity contribution is -0.140. The highest BCUT2D eigenvalue weighted by atomic mass is 16.4. The minimum atomic E-state index is -1.29. The summed E-state index contributed by atoms with van der Waals surface area (Å²) in [5, 5.41) is 11.0. The van der Waals surface area contributed by atoms with Gasteiger partial charge in [0.25, 0.3) is 0 Å². The van der Waals surface area contributed by atoms with Crippen LogP contribution in [0.2, 0.25) is 0 Å². The fourth-order valence-electron chi connectivity index (χ4n) is 1.23. The smallest absolute Gasteiger partial charge is 0.326 e. The van der Waals surface area contributed by atoms with Crippen molar-refractivity contribution >= 4 is 17.9 Å². The Balaban J connectivity index is 4.27. The third kappa shape index (κ3) is 6.51. The number of hydrogen-bond acceptors (Lipinski definition) is 3. The number of carboxylic acids is 1. The number of nitrogens with zero attached hydrogens (tertiary/aromatic N) is 1. The van der Waals surface area contributed by atoms with Crippen LogP contribution in [0, 0.1) is 0 Å². The number of allylic oxidation sites excluding steroid dienone is 1. The summed E-state index contributed by atoms with van der Waals surface area (Å²) in [6.45, 7) is 4.03. The van der Waals surface area contributed by atoms with Crippen molar-refractivity contribution in [2.45, 2.75) is 25.3 Å². The fraction of sp³-hybridized carbons (Fsp3) is 0.545. The maximum absolute atomic E-state index is 11.6. The first kappa shape index (κ1) is 16.0. The number of primary amides is 1. The summed E-state index contributed by atoms with van der Waals surface area (Å²) in [6, 6.07) is -1.84. The van der Waals surface area contributed by atoms with Gasteiger partial charge in [-0.25, -0.2) is 9.59 Å². The molecule has 0 aliphatic rings. The van der Waals surface area contributed by atoms with E-state index in [2.05, 4.69) is 11.9 Å². The Kier molecular flexibility index (Phi) is 7.18. The Morgan fingerprint density at radius 2 is 2.11 bits per heavy atom. The molecule has 7 nitrogen and oxygen atoms in total. The van der Waals surface area contributed by atoms with E-state index in [1.807, 2.05) is 0 Å². The predicted molar refractivity (Wildman–Crippen MR) is 65.8 cm³/mol. The van der Waals surface area contributed by atoms with Crippen LogP contribution in [-0.4, -0.2) is 47.5 Å². The van der Waals surface area contributed by atoms with Crippen molar-refractivity contribution in [3.63, 3.8) is 0 Å². The number of nitrogens with two attached hydrogens (primary N) is 1. The molecule has 0 bridgehead atoms. The van der Waals surface area contributed by atoms with Gasteiger partial charge in [0, 0.05) is 13.6 Å². The zero-order chi connectivity index (χ0) is 14.1. The molecule has 3 amide bonds. The number of carbonyl (C=O) groups is 3. The predicted octanol–water partition coefficient (Wildman–Crippen LogP) is -0.0774. The van der Waals surface area contributed by atoms with Crippen LogP contribution in [0.1, 0.15) is 19.3 Å². The molecule has 1 atom stereocenters. The maximum atomic E-state index is 11.6. The normalized spacial score (nSPS) is 11.4. The lowest BCUT2D eigenvalue weighted by Gasteiger charge is -2.20. The van der Waals surface area contributed by atoms with E-state index in [1.165, 1.54) is 4.90 Å². The van der Waals surface area contributed by atoms with E-state index in [9.17, 15) is 14.4 Å². The Morgan fingerprint density at radius 3 is 2.56 bits per heavy atom. The van der Waals surface area contributed by atoms with E-state index in [0.29, 0.717) is 6.54 Å². The molecule has 1 unspecified atom stereocenters. The van der Waals surface area contributed by atoms with Crippen LogP contribution >= 0.6 is 0 Å². The summed E-state index contributed by atoms with van der Waals surface area (Å²) in [6.07, 6.45) is 2.81. The molecule has 0 fully saturated rings. The van der Waals surface area contributed by atoms with Gasteiger partial charge in [-0.3, -0.25) is 4.79 Å². The SMILES string of the molecule is C=CCCCN(C)C(=O)NC(CC(N)=O)C(=O)O. The topological polar surface area (TPSA) is 113 Å². The highest BCUT2D eigenvalue weighted by Gasteiger charge is 2.23. The van der Waals surface area contributed by atoms with Crippen LogP contribution in [0.25, 0.3) is 0 Å². The van der Waals surface area contributed by atoms with Crippen molar-refractivity contribution in [3.05, 3.63) is 12.7 Å². The van der Waals surface area contributed by atoms with E-state index >= 15 is 0 Å². The second-order valence-corrected chi connectivity index (χ2v) is 3.86. The number of aliphatic carboxylic acids is 1. The molecule has 18 heavy (non-hydrogen) atoms.